The van der Waals surface area contributed by atoms with Crippen molar-refractivity contribution in [2.45, 2.75) is 13.3 Å². The van der Waals surface area contributed by atoms with Gasteiger partial charge in [0.25, 0.3) is 0 Å². The molecule has 1 N–H and O–H groups in total. The number of hydrogen-bond donors (Lipinski definition) is 1. The van der Waals surface area contributed by atoms with Crippen molar-refractivity contribution in [1.29, 1.82) is 0 Å². The average molecular weight is 178 g/mol. The third-order valence-electron chi connectivity index (χ3n) is 1.69. The zero-order valence-electron chi connectivity index (χ0n) is 7.28. The van der Waals surface area contributed by atoms with Crippen molar-refractivity contribution in [2.75, 3.05) is 0 Å². The highest BCUT2D eigenvalue weighted by Gasteiger charge is 2.11. The van der Waals surface area contributed by atoms with E-state index >= 15 is 0 Å². The fourth-order valence-electron chi connectivity index (χ4n) is 1.08. The van der Waals surface area contributed by atoms with Gasteiger partial charge in [-0.2, -0.15) is 0 Å². The molecule has 0 spiro atoms. The Hall–Kier alpha value is -1.64. The number of Topliss-reactive ketones (excluding diaryl/α,β-unsaturated/α-hetero) is 1. The summed E-state index contributed by atoms with van der Waals surface area (Å²) in [6, 6.07) is 7.25. The number of ketones is 1. The van der Waals surface area contributed by atoms with Crippen LogP contribution in [0.2, 0.25) is 0 Å². The molecule has 0 aliphatic rings. The number of aliphatic carboxylic acids is 1. The SMILES string of the molecule is Cc1cccc(CC(=O)C(=O)O)c1. The Balaban J connectivity index is 2.75. The van der Waals surface area contributed by atoms with Crippen LogP contribution >= 0.6 is 0 Å². The molecule has 0 radical (unpaired) electrons. The van der Waals surface area contributed by atoms with Gasteiger partial charge in [0.05, 0.1) is 0 Å². The van der Waals surface area contributed by atoms with Gasteiger partial charge in [-0.15, -0.1) is 0 Å². The molecular formula is C10H10O3. The molecule has 0 saturated carbocycles. The van der Waals surface area contributed by atoms with Crippen LogP contribution in [-0.4, -0.2) is 16.9 Å². The summed E-state index contributed by atoms with van der Waals surface area (Å²) in [5.41, 5.74) is 1.77. The van der Waals surface area contributed by atoms with Gasteiger partial charge in [0.2, 0.25) is 5.78 Å². The highest BCUT2D eigenvalue weighted by Crippen LogP contribution is 2.04. The van der Waals surface area contributed by atoms with Gasteiger partial charge >= 0.3 is 5.97 Å². The van der Waals surface area contributed by atoms with Gasteiger partial charge < -0.3 is 5.11 Å². The van der Waals surface area contributed by atoms with E-state index < -0.39 is 11.8 Å². The first-order chi connectivity index (χ1) is 6.09. The van der Waals surface area contributed by atoms with Crippen molar-refractivity contribution in [3.05, 3.63) is 35.4 Å². The normalized spacial score (nSPS) is 9.62. The Morgan fingerprint density at radius 3 is 2.62 bits per heavy atom. The summed E-state index contributed by atoms with van der Waals surface area (Å²) in [4.78, 5) is 21.1. The fourth-order valence-corrected chi connectivity index (χ4v) is 1.08. The van der Waals surface area contributed by atoms with Crippen LogP contribution in [0.5, 0.6) is 0 Å². The molecule has 0 aliphatic heterocycles. The van der Waals surface area contributed by atoms with Crippen LogP contribution < -0.4 is 0 Å². The summed E-state index contributed by atoms with van der Waals surface area (Å²) in [6.45, 7) is 1.90. The van der Waals surface area contributed by atoms with E-state index in [0.29, 0.717) is 0 Å². The number of benzene rings is 1. The maximum atomic E-state index is 10.8. The van der Waals surface area contributed by atoms with Crippen LogP contribution in [0.4, 0.5) is 0 Å². The molecule has 68 valence electrons. The average Bonchev–Trinajstić information content (AvgIpc) is 2.04. The summed E-state index contributed by atoms with van der Waals surface area (Å²) in [5, 5.41) is 8.36. The molecule has 1 rings (SSSR count). The first kappa shape index (κ1) is 9.45. The van der Waals surface area contributed by atoms with Crippen molar-refractivity contribution in [1.82, 2.24) is 0 Å². The summed E-state index contributed by atoms with van der Waals surface area (Å²) in [5.74, 6) is -2.15. The molecule has 0 atom stereocenters. The van der Waals surface area contributed by atoms with Gasteiger partial charge in [0.1, 0.15) is 0 Å². The summed E-state index contributed by atoms with van der Waals surface area (Å²) < 4.78 is 0. The molecule has 0 saturated heterocycles. The van der Waals surface area contributed by atoms with Crippen molar-refractivity contribution in [3.8, 4) is 0 Å². The Morgan fingerprint density at radius 2 is 2.08 bits per heavy atom. The van der Waals surface area contributed by atoms with Crippen LogP contribution in [0, 0.1) is 6.92 Å². The lowest BCUT2D eigenvalue weighted by molar-refractivity contribution is -0.148. The second-order valence-electron chi connectivity index (χ2n) is 2.89. The summed E-state index contributed by atoms with van der Waals surface area (Å²) >= 11 is 0. The van der Waals surface area contributed by atoms with Gasteiger partial charge in [-0.25, -0.2) is 4.79 Å². The van der Waals surface area contributed by atoms with Crippen molar-refractivity contribution < 1.29 is 14.7 Å². The van der Waals surface area contributed by atoms with Crippen molar-refractivity contribution in [3.63, 3.8) is 0 Å². The molecule has 0 aliphatic carbocycles. The maximum absolute atomic E-state index is 10.8. The molecule has 1 aromatic rings. The van der Waals surface area contributed by atoms with E-state index in [9.17, 15) is 9.59 Å². The maximum Gasteiger partial charge on any atom is 0.372 e. The van der Waals surface area contributed by atoms with E-state index in [1.54, 1.807) is 18.2 Å². The Bertz CT molecular complexity index is 342. The molecule has 0 aromatic heterocycles. The first-order valence-corrected chi connectivity index (χ1v) is 3.91. The summed E-state index contributed by atoms with van der Waals surface area (Å²) in [6.07, 6.45) is -0.0307. The second-order valence-corrected chi connectivity index (χ2v) is 2.89. The van der Waals surface area contributed by atoms with Gasteiger partial charge in [-0.3, -0.25) is 4.79 Å². The van der Waals surface area contributed by atoms with Crippen molar-refractivity contribution in [2.24, 2.45) is 0 Å². The number of aryl methyl sites for hydroxylation is 1. The molecule has 0 bridgehead atoms. The highest BCUT2D eigenvalue weighted by molar-refractivity contribution is 6.33. The molecule has 3 heteroatoms. The largest absolute Gasteiger partial charge is 0.475 e. The fraction of sp³-hybridized carbons (Fsp3) is 0.200. The van der Waals surface area contributed by atoms with Gasteiger partial charge in [-0.05, 0) is 12.5 Å². The van der Waals surface area contributed by atoms with E-state index in [-0.39, 0.29) is 6.42 Å². The van der Waals surface area contributed by atoms with E-state index in [0.717, 1.165) is 11.1 Å². The van der Waals surface area contributed by atoms with Gasteiger partial charge in [-0.1, -0.05) is 29.8 Å². The van der Waals surface area contributed by atoms with Crippen LogP contribution in [0.25, 0.3) is 0 Å². The molecule has 0 heterocycles. The minimum Gasteiger partial charge on any atom is -0.475 e. The first-order valence-electron chi connectivity index (χ1n) is 3.91. The smallest absolute Gasteiger partial charge is 0.372 e. The quantitative estimate of drug-likeness (QED) is 0.707. The monoisotopic (exact) mass is 178 g/mol. The van der Waals surface area contributed by atoms with E-state index in [1.807, 2.05) is 13.0 Å². The van der Waals surface area contributed by atoms with Crippen LogP contribution in [0.3, 0.4) is 0 Å². The predicted molar refractivity (Wildman–Crippen MR) is 47.5 cm³/mol. The standard InChI is InChI=1S/C10H10O3/c1-7-3-2-4-8(5-7)6-9(11)10(12)13/h2-5H,6H2,1H3,(H,12,13). The third-order valence-corrected chi connectivity index (χ3v) is 1.69. The summed E-state index contributed by atoms with van der Waals surface area (Å²) in [7, 11) is 0. The topological polar surface area (TPSA) is 54.4 Å². The van der Waals surface area contributed by atoms with Crippen LogP contribution in [0.1, 0.15) is 11.1 Å². The minimum atomic E-state index is -1.37. The Kier molecular flexibility index (Phi) is 2.80. The zero-order valence-corrected chi connectivity index (χ0v) is 7.28. The number of carbonyl (C=O) groups is 2. The minimum absolute atomic E-state index is 0.0307. The molecule has 0 fully saturated rings. The lowest BCUT2D eigenvalue weighted by Crippen LogP contribution is -2.14. The van der Waals surface area contributed by atoms with Gasteiger partial charge in [0, 0.05) is 6.42 Å². The highest BCUT2D eigenvalue weighted by atomic mass is 16.4. The van der Waals surface area contributed by atoms with E-state index in [2.05, 4.69) is 0 Å². The lowest BCUT2D eigenvalue weighted by atomic mass is 10.1. The van der Waals surface area contributed by atoms with E-state index in [4.69, 9.17) is 5.11 Å². The number of hydrogen-bond acceptors (Lipinski definition) is 2. The number of carboxylic acids is 1. The molecule has 1 aromatic carbocycles. The molecule has 3 nitrogen and oxygen atoms in total. The lowest BCUT2D eigenvalue weighted by Gasteiger charge is -1.98. The third kappa shape index (κ3) is 2.71. The number of carboxylic acid groups (broad SMARTS) is 1. The molecule has 0 amide bonds. The van der Waals surface area contributed by atoms with Crippen LogP contribution in [0.15, 0.2) is 24.3 Å². The number of carbonyl (C=O) groups excluding carboxylic acids is 1. The predicted octanol–water partition coefficient (Wildman–Crippen LogP) is 1.19. The van der Waals surface area contributed by atoms with Gasteiger partial charge in [0.15, 0.2) is 0 Å². The van der Waals surface area contributed by atoms with E-state index in [1.165, 1.54) is 0 Å². The molecular weight excluding hydrogens is 168 g/mol. The van der Waals surface area contributed by atoms with Crippen molar-refractivity contribution >= 4 is 11.8 Å². The Labute approximate surface area is 76.0 Å². The molecule has 0 unspecified atom stereocenters. The Morgan fingerprint density at radius 1 is 1.38 bits per heavy atom. The number of rotatable bonds is 3. The zero-order chi connectivity index (χ0) is 9.84. The van der Waals surface area contributed by atoms with Crippen LogP contribution in [-0.2, 0) is 16.0 Å². The second kappa shape index (κ2) is 3.85. The molecule has 13 heavy (non-hydrogen) atoms.